The number of nitrogen functional groups attached to an aromatic ring is 1. The molecule has 1 aliphatic carbocycles. The lowest BCUT2D eigenvalue weighted by molar-refractivity contribution is -0.0170. The minimum Gasteiger partial charge on any atom is -0.444 e. The molecular formula is C28H31N5O3. The fourth-order valence-electron chi connectivity index (χ4n) is 5.88. The van der Waals surface area contributed by atoms with Gasteiger partial charge >= 0.3 is 6.09 Å². The molecule has 0 saturated carbocycles. The Morgan fingerprint density at radius 2 is 1.97 bits per heavy atom. The molecule has 3 aromatic rings. The third-order valence-electron chi connectivity index (χ3n) is 7.44. The van der Waals surface area contributed by atoms with Gasteiger partial charge in [-0.15, -0.1) is 0 Å². The van der Waals surface area contributed by atoms with Crippen LogP contribution >= 0.6 is 0 Å². The van der Waals surface area contributed by atoms with Gasteiger partial charge < -0.3 is 25.3 Å². The highest BCUT2D eigenvalue weighted by Crippen LogP contribution is 2.43. The van der Waals surface area contributed by atoms with Crippen LogP contribution in [0.25, 0.3) is 22.5 Å². The maximum atomic E-state index is 13.4. The summed E-state index contributed by atoms with van der Waals surface area (Å²) in [4.78, 5) is 32.3. The first-order valence-corrected chi connectivity index (χ1v) is 12.4. The fourth-order valence-corrected chi connectivity index (χ4v) is 5.88. The summed E-state index contributed by atoms with van der Waals surface area (Å²) in [6.07, 6.45) is 3.94. The molecule has 8 nitrogen and oxygen atoms in total. The number of carbonyl (C=O) groups is 2. The highest BCUT2D eigenvalue weighted by Gasteiger charge is 2.52. The van der Waals surface area contributed by atoms with Crippen LogP contribution in [0.5, 0.6) is 0 Å². The molecule has 1 aromatic carbocycles. The standard InChI is InChI=1S/C28H31N5O3/c1-27(2,3)36-26(35)33-14-28(15-33)12-22-23(25(34)31-28)19-9-8-17-13-30-21(11-20(17)24(19)32(22)4)16-6-5-7-18(29)10-16/h5-7,10-11,13H,8-9,12,14-15,29H2,1-4H3,(H,31,34). The minimum atomic E-state index is -0.549. The Bertz CT molecular complexity index is 1430. The quantitative estimate of drug-likeness (QED) is 0.512. The molecule has 4 heterocycles. The third-order valence-corrected chi connectivity index (χ3v) is 7.44. The highest BCUT2D eigenvalue weighted by molar-refractivity contribution is 6.01. The molecule has 1 saturated heterocycles. The molecule has 186 valence electrons. The number of rotatable bonds is 1. The maximum absolute atomic E-state index is 13.4. The lowest BCUT2D eigenvalue weighted by Gasteiger charge is -2.51. The number of ether oxygens (including phenoxy) is 1. The summed E-state index contributed by atoms with van der Waals surface area (Å²) in [5, 5.41) is 3.24. The van der Waals surface area contributed by atoms with E-state index in [1.807, 2.05) is 58.3 Å². The number of nitrogens with zero attached hydrogens (tertiary/aromatic N) is 3. The lowest BCUT2D eigenvalue weighted by atomic mass is 9.80. The number of hydrogen-bond acceptors (Lipinski definition) is 5. The average molecular weight is 486 g/mol. The van der Waals surface area contributed by atoms with E-state index < -0.39 is 11.1 Å². The van der Waals surface area contributed by atoms with Crippen LogP contribution in [0.3, 0.4) is 0 Å². The number of carbonyl (C=O) groups excluding carboxylic acids is 2. The average Bonchev–Trinajstić information content (AvgIpc) is 3.08. The minimum absolute atomic E-state index is 0.0505. The van der Waals surface area contributed by atoms with Gasteiger partial charge in [-0.2, -0.15) is 0 Å². The molecule has 6 rings (SSSR count). The van der Waals surface area contributed by atoms with Gasteiger partial charge in [0.2, 0.25) is 0 Å². The van der Waals surface area contributed by atoms with Crippen molar-refractivity contribution in [2.75, 3.05) is 18.8 Å². The molecule has 0 bridgehead atoms. The van der Waals surface area contributed by atoms with Crippen molar-refractivity contribution in [3.05, 3.63) is 58.9 Å². The van der Waals surface area contributed by atoms with Crippen molar-refractivity contribution < 1.29 is 14.3 Å². The molecule has 0 radical (unpaired) electrons. The molecule has 36 heavy (non-hydrogen) atoms. The zero-order valence-corrected chi connectivity index (χ0v) is 21.1. The molecule has 3 N–H and O–H groups in total. The predicted octanol–water partition coefficient (Wildman–Crippen LogP) is 3.71. The largest absolute Gasteiger partial charge is 0.444 e. The Hall–Kier alpha value is -3.81. The van der Waals surface area contributed by atoms with Crippen molar-refractivity contribution >= 4 is 17.7 Å². The number of benzene rings is 1. The molecule has 1 spiro atoms. The lowest BCUT2D eigenvalue weighted by Crippen LogP contribution is -2.74. The number of nitrogens with two attached hydrogens (primary N) is 1. The zero-order valence-electron chi connectivity index (χ0n) is 21.1. The van der Waals surface area contributed by atoms with Crippen LogP contribution in [0.4, 0.5) is 10.5 Å². The second-order valence-corrected chi connectivity index (χ2v) is 11.3. The first-order valence-electron chi connectivity index (χ1n) is 12.4. The Labute approximate surface area is 210 Å². The van der Waals surface area contributed by atoms with Gasteiger partial charge in [-0.1, -0.05) is 12.1 Å². The number of aromatic nitrogens is 2. The van der Waals surface area contributed by atoms with E-state index in [-0.39, 0.29) is 12.0 Å². The van der Waals surface area contributed by atoms with Crippen LogP contribution in [-0.2, 0) is 31.0 Å². The number of hydrogen-bond donors (Lipinski definition) is 2. The van der Waals surface area contributed by atoms with Crippen molar-refractivity contribution in [2.24, 2.45) is 7.05 Å². The van der Waals surface area contributed by atoms with E-state index in [1.165, 1.54) is 5.56 Å². The normalized spacial score (nSPS) is 17.6. The van der Waals surface area contributed by atoms with Gasteiger partial charge in [0, 0.05) is 55.3 Å². The summed E-state index contributed by atoms with van der Waals surface area (Å²) in [6.45, 7) is 6.46. The topological polar surface area (TPSA) is 102 Å². The van der Waals surface area contributed by atoms with Crippen molar-refractivity contribution in [3.8, 4) is 22.5 Å². The van der Waals surface area contributed by atoms with Gasteiger partial charge in [0.1, 0.15) is 5.60 Å². The van der Waals surface area contributed by atoms with E-state index >= 15 is 0 Å². The molecule has 2 aliphatic heterocycles. The van der Waals surface area contributed by atoms with Crippen LogP contribution in [0.15, 0.2) is 36.5 Å². The summed E-state index contributed by atoms with van der Waals surface area (Å²) in [5.74, 6) is -0.0505. The Morgan fingerprint density at radius 1 is 1.19 bits per heavy atom. The number of likely N-dealkylation sites (tertiary alicyclic amines) is 1. The van der Waals surface area contributed by atoms with E-state index in [0.29, 0.717) is 25.2 Å². The summed E-state index contributed by atoms with van der Waals surface area (Å²) in [7, 11) is 2.05. The first-order chi connectivity index (χ1) is 17.0. The molecule has 2 aromatic heterocycles. The summed E-state index contributed by atoms with van der Waals surface area (Å²) in [6, 6.07) is 9.86. The highest BCUT2D eigenvalue weighted by atomic mass is 16.6. The Balaban J connectivity index is 1.34. The number of anilines is 1. The van der Waals surface area contributed by atoms with Gasteiger partial charge in [0.05, 0.1) is 22.5 Å². The second kappa shape index (κ2) is 7.59. The maximum Gasteiger partial charge on any atom is 0.410 e. The molecule has 8 heteroatoms. The van der Waals surface area contributed by atoms with Crippen LogP contribution in [0.1, 0.15) is 48.0 Å². The Kier molecular flexibility index (Phi) is 4.78. The van der Waals surface area contributed by atoms with Gasteiger partial charge in [-0.3, -0.25) is 9.78 Å². The number of amides is 2. The van der Waals surface area contributed by atoms with Crippen LogP contribution < -0.4 is 11.1 Å². The third kappa shape index (κ3) is 3.54. The van der Waals surface area contributed by atoms with Crippen molar-refractivity contribution in [1.82, 2.24) is 19.8 Å². The Morgan fingerprint density at radius 3 is 2.69 bits per heavy atom. The SMILES string of the molecule is Cn1c2c(c3c1-c1cc(-c4cccc(N)c4)ncc1CC3)C(=O)NC1(C2)CN(C(=O)OC(C)(C)C)C1. The van der Waals surface area contributed by atoms with Crippen LogP contribution in [-0.4, -0.2) is 50.7 Å². The fraction of sp³-hybridized carbons (Fsp3) is 0.393. The van der Waals surface area contributed by atoms with E-state index in [1.54, 1.807) is 4.90 Å². The van der Waals surface area contributed by atoms with Crippen LogP contribution in [0.2, 0.25) is 0 Å². The van der Waals surface area contributed by atoms with Gasteiger partial charge in [-0.05, 0) is 62.9 Å². The van der Waals surface area contributed by atoms with Crippen molar-refractivity contribution in [2.45, 2.75) is 51.2 Å². The number of fused-ring (bicyclic) bond motifs is 5. The molecule has 0 atom stereocenters. The van der Waals surface area contributed by atoms with E-state index in [9.17, 15) is 9.59 Å². The summed E-state index contributed by atoms with van der Waals surface area (Å²) in [5.41, 5.74) is 13.8. The van der Waals surface area contributed by atoms with E-state index in [2.05, 4.69) is 16.0 Å². The molecule has 3 aliphatic rings. The van der Waals surface area contributed by atoms with Gasteiger partial charge in [0.25, 0.3) is 5.91 Å². The molecule has 0 unspecified atom stereocenters. The van der Waals surface area contributed by atoms with E-state index in [0.717, 1.165) is 52.2 Å². The number of pyridine rings is 1. The van der Waals surface area contributed by atoms with Crippen LogP contribution in [0, 0.1) is 0 Å². The smallest absolute Gasteiger partial charge is 0.410 e. The summed E-state index contributed by atoms with van der Waals surface area (Å²) >= 11 is 0. The molecule has 2 amide bonds. The number of nitrogens with one attached hydrogen (secondary N) is 1. The predicted molar refractivity (Wildman–Crippen MR) is 138 cm³/mol. The van der Waals surface area contributed by atoms with Crippen molar-refractivity contribution in [1.29, 1.82) is 0 Å². The second-order valence-electron chi connectivity index (χ2n) is 11.3. The monoisotopic (exact) mass is 485 g/mol. The summed E-state index contributed by atoms with van der Waals surface area (Å²) < 4.78 is 7.69. The zero-order chi connectivity index (χ0) is 25.4. The number of aryl methyl sites for hydroxylation is 1. The van der Waals surface area contributed by atoms with E-state index in [4.69, 9.17) is 15.5 Å². The van der Waals surface area contributed by atoms with Gasteiger partial charge in [-0.25, -0.2) is 4.79 Å². The van der Waals surface area contributed by atoms with Gasteiger partial charge in [0.15, 0.2) is 0 Å². The first kappa shape index (κ1) is 22.6. The molecule has 1 fully saturated rings. The molecular weight excluding hydrogens is 454 g/mol. The van der Waals surface area contributed by atoms with Crippen molar-refractivity contribution in [3.63, 3.8) is 0 Å².